The van der Waals surface area contributed by atoms with Gasteiger partial charge < -0.3 is 19.8 Å². The number of aromatic nitrogens is 2. The molecule has 7 nitrogen and oxygen atoms in total. The lowest BCUT2D eigenvalue weighted by molar-refractivity contribution is -0.0529. The first-order valence-corrected chi connectivity index (χ1v) is 5.74. The summed E-state index contributed by atoms with van der Waals surface area (Å²) in [6, 6.07) is 1.67. The Morgan fingerprint density at radius 2 is 2.33 bits per heavy atom. The monoisotopic (exact) mass is 255 g/mol. The van der Waals surface area contributed by atoms with Gasteiger partial charge in [0, 0.05) is 26.7 Å². The van der Waals surface area contributed by atoms with Gasteiger partial charge in [0.2, 0.25) is 0 Å². The first kappa shape index (κ1) is 13.0. The lowest BCUT2D eigenvalue weighted by Gasteiger charge is -2.18. The van der Waals surface area contributed by atoms with Crippen LogP contribution in [0.4, 0.5) is 5.82 Å². The molecule has 0 unspecified atom stereocenters. The predicted octanol–water partition coefficient (Wildman–Crippen LogP) is -1.05. The second-order valence-electron chi connectivity index (χ2n) is 4.50. The molecule has 0 spiro atoms. The average Bonchev–Trinajstić information content (AvgIpc) is 2.70. The molecule has 2 rings (SSSR count). The third kappa shape index (κ3) is 2.38. The second-order valence-corrected chi connectivity index (χ2v) is 4.50. The van der Waals surface area contributed by atoms with E-state index in [1.165, 1.54) is 10.8 Å². The van der Waals surface area contributed by atoms with Crippen LogP contribution < -0.4 is 10.6 Å². The van der Waals surface area contributed by atoms with Gasteiger partial charge in [-0.25, -0.2) is 4.79 Å². The van der Waals surface area contributed by atoms with Gasteiger partial charge in [-0.2, -0.15) is 4.98 Å². The molecule has 2 heterocycles. The molecule has 100 valence electrons. The molecular weight excluding hydrogens is 238 g/mol. The van der Waals surface area contributed by atoms with Crippen molar-refractivity contribution in [2.75, 3.05) is 25.6 Å². The summed E-state index contributed by atoms with van der Waals surface area (Å²) in [5, 5.41) is 18.8. The molecule has 3 atom stereocenters. The zero-order chi connectivity index (χ0) is 13.3. The van der Waals surface area contributed by atoms with E-state index in [0.29, 0.717) is 12.2 Å². The number of nitrogens with zero attached hydrogens (tertiary/aromatic N) is 3. The highest BCUT2D eigenvalue weighted by Crippen LogP contribution is 2.27. The van der Waals surface area contributed by atoms with Gasteiger partial charge >= 0.3 is 5.69 Å². The van der Waals surface area contributed by atoms with Crippen molar-refractivity contribution in [2.24, 2.45) is 0 Å². The van der Waals surface area contributed by atoms with Crippen LogP contribution >= 0.6 is 0 Å². The molecule has 1 aliphatic rings. The smallest absolute Gasteiger partial charge is 0.351 e. The van der Waals surface area contributed by atoms with Crippen LogP contribution in [-0.4, -0.2) is 52.7 Å². The molecule has 0 saturated carbocycles. The standard InChI is InChI=1S/C11H17N3O4/c1-13(2)9-3-4-14(11(17)12-9)10-8(16)5-7(6-15)18-10/h3-4,7-8,10,15-16H,5-6H2,1-2H3/t7-,8+,10+/m0/s1. The Labute approximate surface area is 104 Å². The molecule has 1 aromatic rings. The maximum Gasteiger partial charge on any atom is 0.351 e. The summed E-state index contributed by atoms with van der Waals surface area (Å²) in [5.41, 5.74) is -0.483. The summed E-state index contributed by atoms with van der Waals surface area (Å²) in [6.07, 6.45) is -0.183. The van der Waals surface area contributed by atoms with Crippen LogP contribution in [0, 0.1) is 0 Å². The van der Waals surface area contributed by atoms with Crippen molar-refractivity contribution in [3.05, 3.63) is 22.7 Å². The van der Waals surface area contributed by atoms with Crippen molar-refractivity contribution in [1.82, 2.24) is 9.55 Å². The molecule has 0 aromatic carbocycles. The first-order valence-electron chi connectivity index (χ1n) is 5.74. The number of aliphatic hydroxyl groups is 2. The molecule has 1 aliphatic heterocycles. The fraction of sp³-hybridized carbons (Fsp3) is 0.636. The topological polar surface area (TPSA) is 87.8 Å². The number of aliphatic hydroxyl groups excluding tert-OH is 2. The summed E-state index contributed by atoms with van der Waals surface area (Å²) in [4.78, 5) is 17.4. The van der Waals surface area contributed by atoms with Gasteiger partial charge in [0.05, 0.1) is 12.7 Å². The molecule has 1 saturated heterocycles. The average molecular weight is 255 g/mol. The Hall–Kier alpha value is -1.44. The third-order valence-corrected chi connectivity index (χ3v) is 2.92. The second kappa shape index (κ2) is 5.05. The van der Waals surface area contributed by atoms with E-state index in [9.17, 15) is 9.90 Å². The number of hydrogen-bond acceptors (Lipinski definition) is 6. The van der Waals surface area contributed by atoms with Crippen molar-refractivity contribution >= 4 is 5.82 Å². The summed E-state index contributed by atoms with van der Waals surface area (Å²) < 4.78 is 6.64. The van der Waals surface area contributed by atoms with Crippen LogP contribution in [0.15, 0.2) is 17.1 Å². The number of hydrogen-bond donors (Lipinski definition) is 2. The minimum atomic E-state index is -0.813. The molecule has 7 heteroatoms. The van der Waals surface area contributed by atoms with Crippen molar-refractivity contribution in [2.45, 2.75) is 24.9 Å². The molecule has 1 fully saturated rings. The molecule has 18 heavy (non-hydrogen) atoms. The largest absolute Gasteiger partial charge is 0.394 e. The van der Waals surface area contributed by atoms with Crippen LogP contribution in [0.3, 0.4) is 0 Å². The third-order valence-electron chi connectivity index (χ3n) is 2.92. The van der Waals surface area contributed by atoms with Gasteiger partial charge in [0.15, 0.2) is 6.23 Å². The summed E-state index contributed by atoms with van der Waals surface area (Å²) in [5.74, 6) is 0.544. The number of ether oxygens (including phenoxy) is 1. The molecule has 0 aliphatic carbocycles. The van der Waals surface area contributed by atoms with Crippen molar-refractivity contribution in [3.63, 3.8) is 0 Å². The van der Waals surface area contributed by atoms with Crippen LogP contribution in [0.2, 0.25) is 0 Å². The zero-order valence-corrected chi connectivity index (χ0v) is 10.4. The number of rotatable bonds is 3. The highest BCUT2D eigenvalue weighted by molar-refractivity contribution is 5.33. The quantitative estimate of drug-likeness (QED) is 0.716. The summed E-state index contributed by atoms with van der Waals surface area (Å²) in [7, 11) is 3.57. The van der Waals surface area contributed by atoms with Crippen molar-refractivity contribution < 1.29 is 14.9 Å². The first-order chi connectivity index (χ1) is 8.52. The Bertz CT molecular complexity index is 474. The van der Waals surface area contributed by atoms with Gasteiger partial charge in [-0.15, -0.1) is 0 Å². The lowest BCUT2D eigenvalue weighted by atomic mass is 10.2. The van der Waals surface area contributed by atoms with E-state index in [0.717, 1.165) is 0 Å². The van der Waals surface area contributed by atoms with Gasteiger partial charge in [0.1, 0.15) is 11.9 Å². The van der Waals surface area contributed by atoms with E-state index in [-0.39, 0.29) is 6.61 Å². The van der Waals surface area contributed by atoms with E-state index >= 15 is 0 Å². The van der Waals surface area contributed by atoms with E-state index in [1.54, 1.807) is 25.1 Å². The van der Waals surface area contributed by atoms with Crippen molar-refractivity contribution in [1.29, 1.82) is 0 Å². The molecule has 0 radical (unpaired) electrons. The summed E-state index contributed by atoms with van der Waals surface area (Å²) >= 11 is 0. The van der Waals surface area contributed by atoms with Crippen molar-refractivity contribution in [3.8, 4) is 0 Å². The van der Waals surface area contributed by atoms with Crippen LogP contribution in [0.25, 0.3) is 0 Å². The Morgan fingerprint density at radius 1 is 1.61 bits per heavy atom. The van der Waals surface area contributed by atoms with E-state index in [1.807, 2.05) is 0 Å². The van der Waals surface area contributed by atoms with Gasteiger partial charge in [-0.05, 0) is 6.07 Å². The van der Waals surface area contributed by atoms with E-state index < -0.39 is 24.1 Å². The van der Waals surface area contributed by atoms with E-state index in [4.69, 9.17) is 9.84 Å². The molecule has 0 amide bonds. The minimum Gasteiger partial charge on any atom is -0.394 e. The van der Waals surface area contributed by atoms with Gasteiger partial charge in [0.25, 0.3) is 0 Å². The fourth-order valence-electron chi connectivity index (χ4n) is 1.94. The SMILES string of the molecule is CN(C)c1ccn([C@@H]2O[C@H](CO)C[C@H]2O)c(=O)n1. The van der Waals surface area contributed by atoms with Crippen LogP contribution in [0.5, 0.6) is 0 Å². The molecule has 1 aromatic heterocycles. The molecule has 0 bridgehead atoms. The normalized spacial score (nSPS) is 27.4. The maximum absolute atomic E-state index is 11.8. The summed E-state index contributed by atoms with van der Waals surface area (Å²) in [6.45, 7) is -0.175. The number of anilines is 1. The lowest BCUT2D eigenvalue weighted by Crippen LogP contribution is -2.32. The Kier molecular flexibility index (Phi) is 3.65. The van der Waals surface area contributed by atoms with E-state index in [2.05, 4.69) is 4.98 Å². The predicted molar refractivity (Wildman–Crippen MR) is 64.4 cm³/mol. The Morgan fingerprint density at radius 3 is 2.83 bits per heavy atom. The maximum atomic E-state index is 11.8. The van der Waals surface area contributed by atoms with Gasteiger partial charge in [-0.1, -0.05) is 0 Å². The fourth-order valence-corrected chi connectivity index (χ4v) is 1.94. The van der Waals surface area contributed by atoms with Gasteiger partial charge in [-0.3, -0.25) is 4.57 Å². The zero-order valence-electron chi connectivity index (χ0n) is 10.4. The molecule has 2 N–H and O–H groups in total. The van der Waals surface area contributed by atoms with Crippen LogP contribution in [-0.2, 0) is 4.74 Å². The van der Waals surface area contributed by atoms with Crippen LogP contribution in [0.1, 0.15) is 12.6 Å². The minimum absolute atomic E-state index is 0.175. The molecular formula is C11H17N3O4. The highest BCUT2D eigenvalue weighted by atomic mass is 16.5. The Balaban J connectivity index is 2.27. The highest BCUT2D eigenvalue weighted by Gasteiger charge is 2.35.